The topological polar surface area (TPSA) is 109 Å². The number of amides is 3. The number of thiocarbonyl (C=S) groups is 1. The van der Waals surface area contributed by atoms with Gasteiger partial charge >= 0.3 is 0 Å². The minimum atomic E-state index is -0.452. The smallest absolute Gasteiger partial charge is 0.269 e. The first-order chi connectivity index (χ1) is 15.3. The van der Waals surface area contributed by atoms with Gasteiger partial charge in [0.1, 0.15) is 5.75 Å². The van der Waals surface area contributed by atoms with E-state index in [1.54, 1.807) is 62.4 Å². The largest absolute Gasteiger partial charge is 0.493 e. The fraction of sp³-hybridized carbons (Fsp3) is 0.304. The second kappa shape index (κ2) is 12.4. The van der Waals surface area contributed by atoms with Gasteiger partial charge in [0.05, 0.1) is 12.2 Å². The summed E-state index contributed by atoms with van der Waals surface area (Å²) in [7, 11) is 0. The summed E-state index contributed by atoms with van der Waals surface area (Å²) < 4.78 is 5.66. The lowest BCUT2D eigenvalue weighted by Gasteiger charge is -2.13. The van der Waals surface area contributed by atoms with Gasteiger partial charge in [-0.3, -0.25) is 30.6 Å². The molecular weight excluding hydrogens is 428 g/mol. The predicted octanol–water partition coefficient (Wildman–Crippen LogP) is 3.41. The van der Waals surface area contributed by atoms with Crippen molar-refractivity contribution in [1.82, 2.24) is 16.2 Å². The van der Waals surface area contributed by atoms with Crippen LogP contribution in [0.5, 0.6) is 5.75 Å². The van der Waals surface area contributed by atoms with E-state index in [0.717, 1.165) is 12.8 Å². The highest BCUT2D eigenvalue weighted by atomic mass is 32.1. The Hall–Kier alpha value is -3.46. The van der Waals surface area contributed by atoms with Crippen LogP contribution in [0.3, 0.4) is 0 Å². The zero-order valence-electron chi connectivity index (χ0n) is 18.4. The van der Waals surface area contributed by atoms with E-state index in [0.29, 0.717) is 29.2 Å². The molecule has 2 rings (SSSR count). The number of carbonyl (C=O) groups is 3. The zero-order valence-corrected chi connectivity index (χ0v) is 19.2. The Labute approximate surface area is 193 Å². The van der Waals surface area contributed by atoms with Crippen molar-refractivity contribution in [3.05, 3.63) is 59.7 Å². The summed E-state index contributed by atoms with van der Waals surface area (Å²) in [5.41, 5.74) is 6.22. The molecule has 0 fully saturated rings. The Morgan fingerprint density at radius 3 is 2.31 bits per heavy atom. The molecule has 0 bridgehead atoms. The van der Waals surface area contributed by atoms with Gasteiger partial charge in [-0.25, -0.2) is 0 Å². The molecule has 0 unspecified atom stereocenters. The number of hydrogen-bond donors (Lipinski definition) is 4. The fourth-order valence-electron chi connectivity index (χ4n) is 2.49. The first-order valence-corrected chi connectivity index (χ1v) is 10.8. The number of benzene rings is 2. The van der Waals surface area contributed by atoms with E-state index in [2.05, 4.69) is 28.4 Å². The van der Waals surface area contributed by atoms with Gasteiger partial charge in [-0.1, -0.05) is 39.3 Å². The van der Waals surface area contributed by atoms with Gasteiger partial charge in [-0.15, -0.1) is 0 Å². The van der Waals surface area contributed by atoms with Gasteiger partial charge in [0.2, 0.25) is 5.91 Å². The first-order valence-electron chi connectivity index (χ1n) is 10.4. The van der Waals surface area contributed by atoms with Crippen molar-refractivity contribution in [2.24, 2.45) is 5.92 Å². The monoisotopic (exact) mass is 456 g/mol. The van der Waals surface area contributed by atoms with E-state index in [4.69, 9.17) is 17.0 Å². The molecule has 2 aromatic carbocycles. The van der Waals surface area contributed by atoms with Crippen LogP contribution in [-0.4, -0.2) is 29.4 Å². The SMILES string of the molecule is CCCCOc1ccccc1C(=O)NC(=S)NNC(=O)c1ccc(NC(=O)C(C)C)cc1. The highest BCUT2D eigenvalue weighted by Crippen LogP contribution is 2.18. The number of hydrogen-bond acceptors (Lipinski definition) is 5. The molecule has 0 spiro atoms. The average molecular weight is 457 g/mol. The molecule has 0 aliphatic heterocycles. The van der Waals surface area contributed by atoms with Crippen molar-refractivity contribution in [2.75, 3.05) is 11.9 Å². The lowest BCUT2D eigenvalue weighted by molar-refractivity contribution is -0.118. The van der Waals surface area contributed by atoms with Gasteiger partial charge in [0.15, 0.2) is 5.11 Å². The molecule has 0 aliphatic carbocycles. The van der Waals surface area contributed by atoms with Gasteiger partial charge in [-0.05, 0) is 55.0 Å². The molecule has 0 aliphatic rings. The summed E-state index contributed by atoms with van der Waals surface area (Å²) >= 11 is 5.09. The van der Waals surface area contributed by atoms with Crippen LogP contribution in [0, 0.1) is 5.92 Å². The summed E-state index contributed by atoms with van der Waals surface area (Å²) in [4.78, 5) is 36.6. The molecule has 0 radical (unpaired) electrons. The van der Waals surface area contributed by atoms with E-state index >= 15 is 0 Å². The molecule has 32 heavy (non-hydrogen) atoms. The molecule has 8 nitrogen and oxygen atoms in total. The standard InChI is InChI=1S/C23H28N4O4S/c1-4-5-14-31-19-9-7-6-8-18(19)22(30)25-23(32)27-26-21(29)16-10-12-17(13-11-16)24-20(28)15(2)3/h6-13,15H,4-5,14H2,1-3H3,(H,24,28)(H,26,29)(H2,25,27,30,32). The van der Waals surface area contributed by atoms with Crippen LogP contribution in [0.15, 0.2) is 48.5 Å². The lowest BCUT2D eigenvalue weighted by Crippen LogP contribution is -2.48. The second-order valence-electron chi connectivity index (χ2n) is 7.28. The summed E-state index contributed by atoms with van der Waals surface area (Å²) in [5.74, 6) is -0.689. The second-order valence-corrected chi connectivity index (χ2v) is 7.69. The van der Waals surface area contributed by atoms with E-state index in [-0.39, 0.29) is 16.9 Å². The van der Waals surface area contributed by atoms with Gasteiger partial charge in [0.25, 0.3) is 11.8 Å². The Morgan fingerprint density at radius 1 is 0.969 bits per heavy atom. The van der Waals surface area contributed by atoms with E-state index in [1.165, 1.54) is 0 Å². The summed E-state index contributed by atoms with van der Waals surface area (Å²) in [6, 6.07) is 13.3. The minimum absolute atomic E-state index is 0.0625. The number of hydrazine groups is 1. The number of carbonyl (C=O) groups excluding carboxylic acids is 3. The van der Waals surface area contributed by atoms with Gasteiger partial charge in [0, 0.05) is 17.2 Å². The molecule has 0 aromatic heterocycles. The molecule has 3 amide bonds. The number of anilines is 1. The normalized spacial score (nSPS) is 10.2. The molecule has 0 atom stereocenters. The third-order valence-corrected chi connectivity index (χ3v) is 4.55. The van der Waals surface area contributed by atoms with Crippen molar-refractivity contribution in [3.63, 3.8) is 0 Å². The third-order valence-electron chi connectivity index (χ3n) is 4.34. The van der Waals surface area contributed by atoms with Crippen LogP contribution in [0.1, 0.15) is 54.3 Å². The summed E-state index contributed by atoms with van der Waals surface area (Å²) in [6.07, 6.45) is 1.87. The zero-order chi connectivity index (χ0) is 23.5. The van der Waals surface area contributed by atoms with Gasteiger partial charge < -0.3 is 10.1 Å². The Balaban J connectivity index is 1.87. The maximum atomic E-state index is 12.5. The van der Waals surface area contributed by atoms with Crippen LogP contribution >= 0.6 is 12.2 Å². The van der Waals surface area contributed by atoms with Crippen molar-refractivity contribution in [1.29, 1.82) is 0 Å². The van der Waals surface area contributed by atoms with Crippen LogP contribution in [-0.2, 0) is 4.79 Å². The Bertz CT molecular complexity index is 961. The molecule has 4 N–H and O–H groups in total. The first kappa shape index (κ1) is 24.8. The van der Waals surface area contributed by atoms with E-state index in [1.807, 2.05) is 0 Å². The number of nitrogens with one attached hydrogen (secondary N) is 4. The average Bonchev–Trinajstić information content (AvgIpc) is 2.78. The van der Waals surface area contributed by atoms with Crippen LogP contribution in [0.25, 0.3) is 0 Å². The van der Waals surface area contributed by atoms with Crippen LogP contribution < -0.4 is 26.2 Å². The Kier molecular flexibility index (Phi) is 9.62. The molecular formula is C23H28N4O4S. The maximum Gasteiger partial charge on any atom is 0.269 e. The van der Waals surface area contributed by atoms with Gasteiger partial charge in [-0.2, -0.15) is 0 Å². The fourth-order valence-corrected chi connectivity index (χ4v) is 2.63. The van der Waals surface area contributed by atoms with Crippen molar-refractivity contribution in [2.45, 2.75) is 33.6 Å². The number of rotatable bonds is 8. The Morgan fingerprint density at radius 2 is 1.66 bits per heavy atom. The molecule has 2 aromatic rings. The van der Waals surface area contributed by atoms with Crippen LogP contribution in [0.2, 0.25) is 0 Å². The molecule has 0 saturated carbocycles. The number of ether oxygens (including phenoxy) is 1. The van der Waals surface area contributed by atoms with Crippen molar-refractivity contribution < 1.29 is 19.1 Å². The lowest BCUT2D eigenvalue weighted by atomic mass is 10.1. The molecule has 9 heteroatoms. The third kappa shape index (κ3) is 7.66. The number of para-hydroxylation sites is 1. The maximum absolute atomic E-state index is 12.5. The minimum Gasteiger partial charge on any atom is -0.493 e. The summed E-state index contributed by atoms with van der Waals surface area (Å²) in [6.45, 7) is 6.16. The molecule has 0 heterocycles. The van der Waals surface area contributed by atoms with Crippen molar-refractivity contribution in [3.8, 4) is 5.75 Å². The highest BCUT2D eigenvalue weighted by molar-refractivity contribution is 7.80. The van der Waals surface area contributed by atoms with E-state index < -0.39 is 11.8 Å². The van der Waals surface area contributed by atoms with Crippen molar-refractivity contribution >= 4 is 40.7 Å². The molecule has 0 saturated heterocycles. The highest BCUT2D eigenvalue weighted by Gasteiger charge is 2.14. The number of unbranched alkanes of at least 4 members (excludes halogenated alkanes) is 1. The predicted molar refractivity (Wildman–Crippen MR) is 127 cm³/mol. The summed E-state index contributed by atoms with van der Waals surface area (Å²) in [5, 5.41) is 5.20. The quantitative estimate of drug-likeness (QED) is 0.275. The van der Waals surface area contributed by atoms with Crippen LogP contribution in [0.4, 0.5) is 5.69 Å². The van der Waals surface area contributed by atoms with E-state index in [9.17, 15) is 14.4 Å². The molecule has 170 valence electrons.